The average molecular weight is 260 g/mol. The predicted molar refractivity (Wildman–Crippen MR) is 71.4 cm³/mol. The van der Waals surface area contributed by atoms with Crippen molar-refractivity contribution in [3.8, 4) is 0 Å². The Balaban J connectivity index is 2.59. The summed E-state index contributed by atoms with van der Waals surface area (Å²) >= 11 is 7.86. The molecule has 0 spiro atoms. The molecule has 0 heterocycles. The van der Waals surface area contributed by atoms with E-state index in [1.54, 1.807) is 18.7 Å². The second-order valence-electron chi connectivity index (χ2n) is 4.01. The SMILES string of the molecule is CC(O)c1ccc(SCCN(C)C)cc1Cl. The van der Waals surface area contributed by atoms with Crippen molar-refractivity contribution in [2.24, 2.45) is 0 Å². The van der Waals surface area contributed by atoms with Crippen molar-refractivity contribution in [1.82, 2.24) is 4.90 Å². The lowest BCUT2D eigenvalue weighted by Gasteiger charge is -2.11. The molecule has 0 aromatic heterocycles. The molecule has 0 saturated carbocycles. The first-order valence-electron chi connectivity index (χ1n) is 5.25. The maximum Gasteiger partial charge on any atom is 0.0776 e. The molecular weight excluding hydrogens is 242 g/mol. The zero-order valence-corrected chi connectivity index (χ0v) is 11.5. The van der Waals surface area contributed by atoms with Gasteiger partial charge < -0.3 is 10.0 Å². The summed E-state index contributed by atoms with van der Waals surface area (Å²) in [6.07, 6.45) is -0.506. The third-order valence-electron chi connectivity index (χ3n) is 2.23. The molecule has 0 bridgehead atoms. The molecule has 16 heavy (non-hydrogen) atoms. The van der Waals surface area contributed by atoms with Crippen LogP contribution < -0.4 is 0 Å². The van der Waals surface area contributed by atoms with Crippen LogP contribution in [0.15, 0.2) is 23.1 Å². The van der Waals surface area contributed by atoms with Crippen LogP contribution in [0.3, 0.4) is 0 Å². The lowest BCUT2D eigenvalue weighted by Crippen LogP contribution is -2.14. The number of aliphatic hydroxyl groups is 1. The first kappa shape index (κ1) is 13.8. The van der Waals surface area contributed by atoms with Crippen LogP contribution in [0.1, 0.15) is 18.6 Å². The molecule has 90 valence electrons. The highest BCUT2D eigenvalue weighted by molar-refractivity contribution is 7.99. The highest BCUT2D eigenvalue weighted by Crippen LogP contribution is 2.28. The minimum Gasteiger partial charge on any atom is -0.389 e. The maximum absolute atomic E-state index is 9.45. The van der Waals surface area contributed by atoms with Gasteiger partial charge in [-0.25, -0.2) is 0 Å². The van der Waals surface area contributed by atoms with Crippen LogP contribution in [0.25, 0.3) is 0 Å². The summed E-state index contributed by atoms with van der Waals surface area (Å²) in [5.74, 6) is 1.04. The standard InChI is InChI=1S/C12H18ClNOS/c1-9(15)11-5-4-10(8-12(11)13)16-7-6-14(2)3/h4-5,8-9,15H,6-7H2,1-3H3. The van der Waals surface area contributed by atoms with E-state index in [4.69, 9.17) is 11.6 Å². The van der Waals surface area contributed by atoms with Gasteiger partial charge in [0.05, 0.1) is 6.10 Å². The van der Waals surface area contributed by atoms with E-state index in [9.17, 15) is 5.11 Å². The molecule has 0 radical (unpaired) electrons. The van der Waals surface area contributed by atoms with Gasteiger partial charge in [-0.1, -0.05) is 17.7 Å². The predicted octanol–water partition coefficient (Wildman–Crippen LogP) is 3.05. The zero-order chi connectivity index (χ0) is 12.1. The van der Waals surface area contributed by atoms with Crippen LogP contribution in [0.4, 0.5) is 0 Å². The minimum absolute atomic E-state index is 0.506. The van der Waals surface area contributed by atoms with Gasteiger partial charge in [-0.2, -0.15) is 0 Å². The molecule has 0 saturated heterocycles. The van der Waals surface area contributed by atoms with E-state index in [-0.39, 0.29) is 0 Å². The highest BCUT2D eigenvalue weighted by atomic mass is 35.5. The number of hydrogen-bond donors (Lipinski definition) is 1. The van der Waals surface area contributed by atoms with Crippen molar-refractivity contribution < 1.29 is 5.11 Å². The molecule has 0 aliphatic carbocycles. The number of halogens is 1. The lowest BCUT2D eigenvalue weighted by atomic mass is 10.1. The third-order valence-corrected chi connectivity index (χ3v) is 3.53. The Labute approximate surface area is 107 Å². The molecule has 0 aliphatic rings. The van der Waals surface area contributed by atoms with Crippen molar-refractivity contribution in [3.05, 3.63) is 28.8 Å². The molecule has 1 aromatic carbocycles. The van der Waals surface area contributed by atoms with Gasteiger partial charge >= 0.3 is 0 Å². The van der Waals surface area contributed by atoms with E-state index in [0.29, 0.717) is 5.02 Å². The normalized spacial score (nSPS) is 13.1. The number of hydrogen-bond acceptors (Lipinski definition) is 3. The Bertz CT molecular complexity index is 342. The Morgan fingerprint density at radius 2 is 2.12 bits per heavy atom. The molecule has 1 N–H and O–H groups in total. The molecule has 0 fully saturated rings. The number of benzene rings is 1. The molecule has 4 heteroatoms. The Morgan fingerprint density at radius 1 is 1.44 bits per heavy atom. The van der Waals surface area contributed by atoms with E-state index < -0.39 is 6.10 Å². The highest BCUT2D eigenvalue weighted by Gasteiger charge is 2.07. The van der Waals surface area contributed by atoms with Crippen molar-refractivity contribution in [2.75, 3.05) is 26.4 Å². The molecule has 1 unspecified atom stereocenters. The van der Waals surface area contributed by atoms with Crippen LogP contribution in [-0.2, 0) is 0 Å². The van der Waals surface area contributed by atoms with Crippen molar-refractivity contribution in [2.45, 2.75) is 17.9 Å². The van der Waals surface area contributed by atoms with Crippen LogP contribution >= 0.6 is 23.4 Å². The van der Waals surface area contributed by atoms with E-state index in [1.807, 2.05) is 18.2 Å². The van der Waals surface area contributed by atoms with Gasteiger partial charge in [-0.05, 0) is 38.7 Å². The van der Waals surface area contributed by atoms with E-state index in [2.05, 4.69) is 19.0 Å². The summed E-state index contributed by atoms with van der Waals surface area (Å²) in [6.45, 7) is 2.76. The van der Waals surface area contributed by atoms with Crippen LogP contribution in [0, 0.1) is 0 Å². The lowest BCUT2D eigenvalue weighted by molar-refractivity contribution is 0.199. The second-order valence-corrected chi connectivity index (χ2v) is 5.59. The monoisotopic (exact) mass is 259 g/mol. The summed E-state index contributed by atoms with van der Waals surface area (Å²) in [6, 6.07) is 5.82. The summed E-state index contributed by atoms with van der Waals surface area (Å²) in [5, 5.41) is 10.1. The van der Waals surface area contributed by atoms with Crippen molar-refractivity contribution >= 4 is 23.4 Å². The first-order valence-corrected chi connectivity index (χ1v) is 6.62. The Morgan fingerprint density at radius 3 is 2.62 bits per heavy atom. The van der Waals surface area contributed by atoms with Gasteiger partial charge in [-0.3, -0.25) is 0 Å². The smallest absolute Gasteiger partial charge is 0.0776 e. The summed E-state index contributed by atoms with van der Waals surface area (Å²) in [4.78, 5) is 3.30. The topological polar surface area (TPSA) is 23.5 Å². The fraction of sp³-hybridized carbons (Fsp3) is 0.500. The van der Waals surface area contributed by atoms with Gasteiger partial charge in [0, 0.05) is 22.2 Å². The van der Waals surface area contributed by atoms with Gasteiger partial charge in [0.1, 0.15) is 0 Å². The number of rotatable bonds is 5. The molecule has 1 aromatic rings. The van der Waals surface area contributed by atoms with Crippen LogP contribution in [0.2, 0.25) is 5.02 Å². The maximum atomic E-state index is 9.45. The van der Waals surface area contributed by atoms with Gasteiger partial charge in [0.25, 0.3) is 0 Å². The largest absolute Gasteiger partial charge is 0.389 e. The quantitative estimate of drug-likeness (QED) is 0.823. The summed E-state index contributed by atoms with van der Waals surface area (Å²) < 4.78 is 0. The van der Waals surface area contributed by atoms with E-state index in [0.717, 1.165) is 22.8 Å². The molecule has 0 amide bonds. The molecular formula is C12H18ClNOS. The van der Waals surface area contributed by atoms with E-state index in [1.165, 1.54) is 0 Å². The van der Waals surface area contributed by atoms with Gasteiger partial charge in [-0.15, -0.1) is 11.8 Å². The molecule has 0 aliphatic heterocycles. The van der Waals surface area contributed by atoms with E-state index >= 15 is 0 Å². The summed E-state index contributed by atoms with van der Waals surface area (Å²) in [5.41, 5.74) is 0.790. The molecule has 1 rings (SSSR count). The second kappa shape index (κ2) is 6.50. The van der Waals surface area contributed by atoms with Gasteiger partial charge in [0.15, 0.2) is 0 Å². The molecule has 2 nitrogen and oxygen atoms in total. The van der Waals surface area contributed by atoms with Gasteiger partial charge in [0.2, 0.25) is 0 Å². The number of thioether (sulfide) groups is 1. The van der Waals surface area contributed by atoms with Crippen molar-refractivity contribution in [3.63, 3.8) is 0 Å². The first-order chi connectivity index (χ1) is 7.50. The van der Waals surface area contributed by atoms with Crippen molar-refractivity contribution in [1.29, 1.82) is 0 Å². The minimum atomic E-state index is -0.506. The van der Waals surface area contributed by atoms with Crippen LogP contribution in [-0.4, -0.2) is 36.4 Å². The fourth-order valence-electron chi connectivity index (χ4n) is 1.28. The summed E-state index contributed by atoms with van der Waals surface area (Å²) in [7, 11) is 4.12. The molecule has 1 atom stereocenters. The average Bonchev–Trinajstić information content (AvgIpc) is 2.16. The number of aliphatic hydroxyl groups excluding tert-OH is 1. The third kappa shape index (κ3) is 4.34. The fourth-order valence-corrected chi connectivity index (χ4v) is 2.74. The Kier molecular flexibility index (Phi) is 5.62. The number of nitrogens with zero attached hydrogens (tertiary/aromatic N) is 1. The zero-order valence-electron chi connectivity index (χ0n) is 9.90. The Hall–Kier alpha value is -0.220. The van der Waals surface area contributed by atoms with Crippen LogP contribution in [0.5, 0.6) is 0 Å².